The highest BCUT2D eigenvalue weighted by atomic mass is 16.5. The van der Waals surface area contributed by atoms with Crippen LogP contribution in [-0.4, -0.2) is 41.2 Å². The zero-order valence-corrected chi connectivity index (χ0v) is 10.0. The molecule has 0 aliphatic heterocycles. The summed E-state index contributed by atoms with van der Waals surface area (Å²) < 4.78 is 6.37. The smallest absolute Gasteiger partial charge is 0.271 e. The Hall–Kier alpha value is -2.21. The molecule has 0 saturated carbocycles. The third kappa shape index (κ3) is 2.72. The largest absolute Gasteiger partial charge is 0.383 e. The molecule has 1 amide bonds. The first kappa shape index (κ1) is 12.3. The number of amides is 1. The van der Waals surface area contributed by atoms with E-state index in [4.69, 9.17) is 4.74 Å². The van der Waals surface area contributed by atoms with E-state index >= 15 is 0 Å². The number of aromatic nitrogens is 3. The van der Waals surface area contributed by atoms with Gasteiger partial charge in [-0.2, -0.15) is 0 Å². The van der Waals surface area contributed by atoms with E-state index in [-0.39, 0.29) is 5.91 Å². The molecule has 2 aromatic rings. The summed E-state index contributed by atoms with van der Waals surface area (Å²) in [5, 5.41) is 10.4. The van der Waals surface area contributed by atoms with E-state index in [0.29, 0.717) is 18.8 Å². The van der Waals surface area contributed by atoms with Crippen LogP contribution in [0.1, 0.15) is 10.5 Å². The van der Waals surface area contributed by atoms with Gasteiger partial charge in [0.2, 0.25) is 0 Å². The highest BCUT2D eigenvalue weighted by molar-refractivity contribution is 5.92. The van der Waals surface area contributed by atoms with E-state index in [1.807, 2.05) is 30.3 Å². The highest BCUT2D eigenvalue weighted by Crippen LogP contribution is 2.08. The fourth-order valence-electron chi connectivity index (χ4n) is 1.51. The lowest BCUT2D eigenvalue weighted by Gasteiger charge is -2.06. The molecule has 0 unspecified atom stereocenters. The molecule has 2 rings (SSSR count). The Labute approximate surface area is 105 Å². The van der Waals surface area contributed by atoms with E-state index in [1.165, 1.54) is 10.9 Å². The summed E-state index contributed by atoms with van der Waals surface area (Å²) in [6.45, 7) is 0.925. The molecule has 1 aromatic heterocycles. The minimum atomic E-state index is -0.221. The van der Waals surface area contributed by atoms with E-state index in [1.54, 1.807) is 7.11 Å². The SMILES string of the molecule is COCCNC(=O)c1cnnn1-c1ccccc1. The van der Waals surface area contributed by atoms with Crippen LogP contribution >= 0.6 is 0 Å². The fraction of sp³-hybridized carbons (Fsp3) is 0.250. The van der Waals surface area contributed by atoms with Crippen LogP contribution < -0.4 is 5.32 Å². The maximum Gasteiger partial charge on any atom is 0.271 e. The molecule has 6 nitrogen and oxygen atoms in total. The lowest BCUT2D eigenvalue weighted by Crippen LogP contribution is -2.28. The van der Waals surface area contributed by atoms with Crippen molar-refractivity contribution in [2.75, 3.05) is 20.3 Å². The zero-order valence-electron chi connectivity index (χ0n) is 10.0. The van der Waals surface area contributed by atoms with Gasteiger partial charge in [-0.15, -0.1) is 5.10 Å². The highest BCUT2D eigenvalue weighted by Gasteiger charge is 2.13. The van der Waals surface area contributed by atoms with Gasteiger partial charge in [0.15, 0.2) is 5.69 Å². The lowest BCUT2D eigenvalue weighted by molar-refractivity contribution is 0.0929. The summed E-state index contributed by atoms with van der Waals surface area (Å²) in [7, 11) is 1.59. The van der Waals surface area contributed by atoms with Gasteiger partial charge in [0.1, 0.15) is 0 Å². The van der Waals surface area contributed by atoms with Crippen molar-refractivity contribution in [3.63, 3.8) is 0 Å². The van der Waals surface area contributed by atoms with Gasteiger partial charge in [-0.3, -0.25) is 4.79 Å². The van der Waals surface area contributed by atoms with Gasteiger partial charge >= 0.3 is 0 Å². The molecule has 1 aromatic carbocycles. The van der Waals surface area contributed by atoms with Gasteiger partial charge in [-0.25, -0.2) is 4.68 Å². The van der Waals surface area contributed by atoms with Crippen LogP contribution in [0.15, 0.2) is 36.5 Å². The van der Waals surface area contributed by atoms with Gasteiger partial charge in [-0.1, -0.05) is 23.4 Å². The predicted octanol–water partition coefficient (Wildman–Crippen LogP) is 0.643. The van der Waals surface area contributed by atoms with Gasteiger partial charge in [-0.05, 0) is 12.1 Å². The molecular weight excluding hydrogens is 232 g/mol. The minimum absolute atomic E-state index is 0.221. The minimum Gasteiger partial charge on any atom is -0.383 e. The number of hydrogen-bond donors (Lipinski definition) is 1. The third-order valence-corrected chi connectivity index (χ3v) is 2.37. The van der Waals surface area contributed by atoms with Crippen molar-refractivity contribution < 1.29 is 9.53 Å². The Kier molecular flexibility index (Phi) is 4.03. The number of ether oxygens (including phenoxy) is 1. The summed E-state index contributed by atoms with van der Waals surface area (Å²) in [4.78, 5) is 11.9. The topological polar surface area (TPSA) is 69.0 Å². The van der Waals surface area contributed by atoms with Crippen LogP contribution in [0, 0.1) is 0 Å². The number of hydrogen-bond acceptors (Lipinski definition) is 4. The lowest BCUT2D eigenvalue weighted by atomic mass is 10.3. The Balaban J connectivity index is 2.15. The number of nitrogens with one attached hydrogen (secondary N) is 1. The zero-order chi connectivity index (χ0) is 12.8. The standard InChI is InChI=1S/C12H14N4O2/c1-18-8-7-13-12(17)11-9-14-15-16(11)10-5-3-2-4-6-10/h2-6,9H,7-8H2,1H3,(H,13,17). The Morgan fingerprint density at radius 1 is 1.39 bits per heavy atom. The molecule has 0 fully saturated rings. The molecule has 94 valence electrons. The van der Waals surface area contributed by atoms with Gasteiger partial charge in [0.05, 0.1) is 18.5 Å². The van der Waals surface area contributed by atoms with Crippen molar-refractivity contribution in [2.24, 2.45) is 0 Å². The second-order valence-electron chi connectivity index (χ2n) is 3.62. The Bertz CT molecular complexity index is 510. The van der Waals surface area contributed by atoms with Crippen LogP contribution in [0.5, 0.6) is 0 Å². The first-order valence-electron chi connectivity index (χ1n) is 5.56. The van der Waals surface area contributed by atoms with E-state index in [2.05, 4.69) is 15.6 Å². The fourth-order valence-corrected chi connectivity index (χ4v) is 1.51. The molecule has 0 aliphatic carbocycles. The second kappa shape index (κ2) is 5.92. The van der Waals surface area contributed by atoms with Gasteiger partial charge in [0.25, 0.3) is 5.91 Å². The number of para-hydroxylation sites is 1. The number of benzene rings is 1. The monoisotopic (exact) mass is 246 g/mol. The number of carbonyl (C=O) groups excluding carboxylic acids is 1. The maximum absolute atomic E-state index is 11.9. The van der Waals surface area contributed by atoms with Gasteiger partial charge < -0.3 is 10.1 Å². The average molecular weight is 246 g/mol. The Morgan fingerprint density at radius 3 is 2.89 bits per heavy atom. The quantitative estimate of drug-likeness (QED) is 0.786. The van der Waals surface area contributed by atoms with Crippen molar-refractivity contribution in [3.8, 4) is 5.69 Å². The molecule has 0 aliphatic rings. The summed E-state index contributed by atoms with van der Waals surface area (Å²) in [6.07, 6.45) is 1.44. The summed E-state index contributed by atoms with van der Waals surface area (Å²) >= 11 is 0. The number of methoxy groups -OCH3 is 1. The molecule has 0 spiro atoms. The van der Waals surface area contributed by atoms with Crippen LogP contribution in [0.2, 0.25) is 0 Å². The number of rotatable bonds is 5. The number of carbonyl (C=O) groups is 1. The summed E-state index contributed by atoms with van der Waals surface area (Å²) in [6, 6.07) is 9.38. The first-order chi connectivity index (χ1) is 8.83. The molecule has 6 heteroatoms. The average Bonchev–Trinajstić information content (AvgIpc) is 2.89. The van der Waals surface area contributed by atoms with Crippen molar-refractivity contribution >= 4 is 5.91 Å². The summed E-state index contributed by atoms with van der Waals surface area (Å²) in [5.41, 5.74) is 1.20. The van der Waals surface area contributed by atoms with Crippen molar-refractivity contribution in [1.82, 2.24) is 20.3 Å². The molecule has 0 bridgehead atoms. The molecule has 0 saturated heterocycles. The van der Waals surface area contributed by atoms with Crippen molar-refractivity contribution in [1.29, 1.82) is 0 Å². The molecule has 18 heavy (non-hydrogen) atoms. The van der Waals surface area contributed by atoms with Crippen molar-refractivity contribution in [2.45, 2.75) is 0 Å². The number of nitrogens with zero attached hydrogens (tertiary/aromatic N) is 3. The predicted molar refractivity (Wildman–Crippen MR) is 65.6 cm³/mol. The van der Waals surface area contributed by atoms with E-state index in [0.717, 1.165) is 5.69 Å². The van der Waals surface area contributed by atoms with Crippen LogP contribution in [0.4, 0.5) is 0 Å². The first-order valence-corrected chi connectivity index (χ1v) is 5.56. The molecule has 1 heterocycles. The Morgan fingerprint density at radius 2 is 2.17 bits per heavy atom. The van der Waals surface area contributed by atoms with Crippen LogP contribution in [0.25, 0.3) is 5.69 Å². The van der Waals surface area contributed by atoms with E-state index < -0.39 is 0 Å². The van der Waals surface area contributed by atoms with Crippen LogP contribution in [0.3, 0.4) is 0 Å². The molecular formula is C12H14N4O2. The molecule has 1 N–H and O–H groups in total. The molecule has 0 radical (unpaired) electrons. The second-order valence-corrected chi connectivity index (χ2v) is 3.62. The normalized spacial score (nSPS) is 10.3. The third-order valence-electron chi connectivity index (χ3n) is 2.37. The maximum atomic E-state index is 11.9. The molecule has 0 atom stereocenters. The van der Waals surface area contributed by atoms with Crippen molar-refractivity contribution in [3.05, 3.63) is 42.2 Å². The van der Waals surface area contributed by atoms with Crippen LogP contribution in [-0.2, 0) is 4.74 Å². The summed E-state index contributed by atoms with van der Waals surface area (Å²) in [5.74, 6) is -0.221. The van der Waals surface area contributed by atoms with Gasteiger partial charge in [0, 0.05) is 13.7 Å². The van der Waals surface area contributed by atoms with E-state index in [9.17, 15) is 4.79 Å².